The van der Waals surface area contributed by atoms with Gasteiger partial charge in [0.25, 0.3) is 0 Å². The molecule has 0 saturated heterocycles. The van der Waals surface area contributed by atoms with E-state index in [0.717, 1.165) is 12.1 Å². The fraction of sp³-hybridized carbons (Fsp3) is 0.300. The van der Waals surface area contributed by atoms with Crippen LogP contribution in [0.4, 0.5) is 4.39 Å². The predicted octanol–water partition coefficient (Wildman–Crippen LogP) is 2.71. The summed E-state index contributed by atoms with van der Waals surface area (Å²) in [6.45, 7) is 0.0798. The predicted molar refractivity (Wildman–Crippen MR) is 66.5 cm³/mol. The van der Waals surface area contributed by atoms with Gasteiger partial charge in [-0.25, -0.2) is 17.5 Å². The molecule has 18 heavy (non-hydrogen) atoms. The molecular weight excluding hydrogens is 302 g/mol. The molecule has 0 atom stereocenters. The average Bonchev–Trinajstić information content (AvgIpc) is 2.31. The van der Waals surface area contributed by atoms with Crippen molar-refractivity contribution in [3.05, 3.63) is 28.0 Å². The van der Waals surface area contributed by atoms with Crippen LogP contribution in [-0.2, 0) is 10.0 Å². The highest BCUT2D eigenvalue weighted by molar-refractivity contribution is 7.89. The van der Waals surface area contributed by atoms with Crippen LogP contribution in [0.15, 0.2) is 17.0 Å². The zero-order valence-electron chi connectivity index (χ0n) is 9.08. The summed E-state index contributed by atoms with van der Waals surface area (Å²) in [5, 5.41) is 7.52. The van der Waals surface area contributed by atoms with Crippen LogP contribution in [0.3, 0.4) is 0 Å². The zero-order chi connectivity index (χ0) is 13.8. The van der Waals surface area contributed by atoms with Crippen LogP contribution < -0.4 is 4.72 Å². The van der Waals surface area contributed by atoms with Crippen molar-refractivity contribution in [2.24, 2.45) is 0 Å². The molecule has 0 aliphatic rings. The third-order valence-corrected chi connectivity index (χ3v) is 4.32. The van der Waals surface area contributed by atoms with Gasteiger partial charge in [0.05, 0.1) is 16.1 Å². The summed E-state index contributed by atoms with van der Waals surface area (Å²) in [7, 11) is -3.90. The lowest BCUT2D eigenvalue weighted by molar-refractivity contribution is 0.576. The lowest BCUT2D eigenvalue weighted by Gasteiger charge is -2.08. The minimum absolute atomic E-state index is 0.0798. The fourth-order valence-electron chi connectivity index (χ4n) is 1.17. The normalized spacial score (nSPS) is 11.2. The Hall–Kier alpha value is -0.870. The summed E-state index contributed by atoms with van der Waals surface area (Å²) in [4.78, 5) is -0.372. The molecule has 1 rings (SSSR count). The number of nitriles is 1. The van der Waals surface area contributed by atoms with Gasteiger partial charge in [-0.15, -0.1) is 0 Å². The molecule has 98 valence electrons. The van der Waals surface area contributed by atoms with Crippen LogP contribution >= 0.6 is 23.2 Å². The van der Waals surface area contributed by atoms with E-state index in [4.69, 9.17) is 28.5 Å². The molecule has 0 spiro atoms. The van der Waals surface area contributed by atoms with E-state index in [0.29, 0.717) is 6.42 Å². The van der Waals surface area contributed by atoms with Crippen LogP contribution in [0.25, 0.3) is 0 Å². The van der Waals surface area contributed by atoms with Crippen LogP contribution in [0, 0.1) is 17.1 Å². The Labute approximate surface area is 114 Å². The molecule has 0 aromatic heterocycles. The molecule has 1 aromatic rings. The maximum atomic E-state index is 13.4. The summed E-state index contributed by atoms with van der Waals surface area (Å²) < 4.78 is 39.2. The quantitative estimate of drug-likeness (QED) is 0.671. The first-order valence-electron chi connectivity index (χ1n) is 4.90. The molecule has 0 aliphatic heterocycles. The van der Waals surface area contributed by atoms with Gasteiger partial charge >= 0.3 is 0 Å². The average molecular weight is 311 g/mol. The first-order chi connectivity index (χ1) is 8.40. The SMILES string of the molecule is N#CCCCNS(=O)(=O)c1ccc(Cl)c(F)c1Cl. The second-order valence-corrected chi connectivity index (χ2v) is 5.85. The minimum Gasteiger partial charge on any atom is -0.211 e. The number of nitrogens with zero attached hydrogens (tertiary/aromatic N) is 1. The lowest BCUT2D eigenvalue weighted by atomic mass is 10.3. The molecule has 0 radical (unpaired) electrons. The van der Waals surface area contributed by atoms with Gasteiger partial charge in [-0.05, 0) is 18.6 Å². The highest BCUT2D eigenvalue weighted by Gasteiger charge is 2.21. The van der Waals surface area contributed by atoms with Crippen molar-refractivity contribution in [2.75, 3.05) is 6.54 Å². The summed E-state index contributed by atoms with van der Waals surface area (Å²) in [5.74, 6) is -0.974. The van der Waals surface area contributed by atoms with Crippen molar-refractivity contribution in [1.29, 1.82) is 5.26 Å². The van der Waals surface area contributed by atoms with Crippen molar-refractivity contribution in [3.63, 3.8) is 0 Å². The lowest BCUT2D eigenvalue weighted by Crippen LogP contribution is -2.25. The second-order valence-electron chi connectivity index (χ2n) is 3.33. The molecule has 0 amide bonds. The highest BCUT2D eigenvalue weighted by Crippen LogP contribution is 2.29. The van der Waals surface area contributed by atoms with Gasteiger partial charge in [-0.3, -0.25) is 0 Å². The summed E-state index contributed by atoms with van der Waals surface area (Å²) in [6.07, 6.45) is 0.592. The van der Waals surface area contributed by atoms with E-state index in [2.05, 4.69) is 4.72 Å². The molecule has 0 aliphatic carbocycles. The van der Waals surface area contributed by atoms with Crippen LogP contribution in [-0.4, -0.2) is 15.0 Å². The van der Waals surface area contributed by atoms with Crippen molar-refractivity contribution in [3.8, 4) is 6.07 Å². The van der Waals surface area contributed by atoms with Gasteiger partial charge in [0, 0.05) is 13.0 Å². The maximum Gasteiger partial charge on any atom is 0.242 e. The molecule has 0 saturated carbocycles. The number of hydrogen-bond acceptors (Lipinski definition) is 3. The molecule has 1 aromatic carbocycles. The van der Waals surface area contributed by atoms with Crippen molar-refractivity contribution >= 4 is 33.2 Å². The van der Waals surface area contributed by atoms with Crippen LogP contribution in [0.1, 0.15) is 12.8 Å². The highest BCUT2D eigenvalue weighted by atomic mass is 35.5. The van der Waals surface area contributed by atoms with Crippen LogP contribution in [0.2, 0.25) is 10.0 Å². The first kappa shape index (κ1) is 15.2. The topological polar surface area (TPSA) is 70.0 Å². The van der Waals surface area contributed by atoms with Crippen molar-refractivity contribution in [2.45, 2.75) is 17.7 Å². The molecule has 0 unspecified atom stereocenters. The van der Waals surface area contributed by atoms with Gasteiger partial charge in [0.1, 0.15) is 4.90 Å². The minimum atomic E-state index is -3.90. The van der Waals surface area contributed by atoms with E-state index in [1.165, 1.54) is 0 Å². The third-order valence-electron chi connectivity index (χ3n) is 2.05. The van der Waals surface area contributed by atoms with Gasteiger partial charge in [0.15, 0.2) is 5.82 Å². The van der Waals surface area contributed by atoms with Gasteiger partial charge in [-0.1, -0.05) is 23.2 Å². The van der Waals surface area contributed by atoms with Gasteiger partial charge in [-0.2, -0.15) is 5.26 Å². The number of nitrogens with one attached hydrogen (secondary N) is 1. The first-order valence-corrected chi connectivity index (χ1v) is 7.14. The molecule has 0 fully saturated rings. The Balaban J connectivity index is 2.93. The number of hydrogen-bond donors (Lipinski definition) is 1. The molecule has 0 bridgehead atoms. The van der Waals surface area contributed by atoms with Gasteiger partial charge < -0.3 is 0 Å². The van der Waals surface area contributed by atoms with E-state index >= 15 is 0 Å². The summed E-state index contributed by atoms with van der Waals surface area (Å²) in [6, 6.07) is 4.13. The van der Waals surface area contributed by atoms with Crippen LogP contribution in [0.5, 0.6) is 0 Å². The standard InChI is InChI=1S/C10H9Cl2FN2O2S/c11-7-3-4-8(9(12)10(7)13)18(16,17)15-6-2-1-5-14/h3-4,15H,1-2,6H2. The monoisotopic (exact) mass is 310 g/mol. The van der Waals surface area contributed by atoms with E-state index in [1.807, 2.05) is 6.07 Å². The van der Waals surface area contributed by atoms with Gasteiger partial charge in [0.2, 0.25) is 10.0 Å². The number of halogens is 3. The Morgan fingerprint density at radius 3 is 2.67 bits per heavy atom. The third kappa shape index (κ3) is 3.56. The molecule has 4 nitrogen and oxygen atoms in total. The second kappa shape index (κ2) is 6.34. The molecule has 8 heteroatoms. The maximum absolute atomic E-state index is 13.4. The number of benzene rings is 1. The fourth-order valence-corrected chi connectivity index (χ4v) is 2.98. The van der Waals surface area contributed by atoms with Crippen molar-refractivity contribution in [1.82, 2.24) is 4.72 Å². The largest absolute Gasteiger partial charge is 0.242 e. The Kier molecular flexibility index (Phi) is 5.35. The summed E-state index contributed by atoms with van der Waals surface area (Å²) >= 11 is 11.1. The van der Waals surface area contributed by atoms with E-state index in [-0.39, 0.29) is 22.9 Å². The molecular formula is C10H9Cl2FN2O2S. The Morgan fingerprint density at radius 2 is 2.06 bits per heavy atom. The number of sulfonamides is 1. The Morgan fingerprint density at radius 1 is 1.39 bits per heavy atom. The number of rotatable bonds is 5. The Bertz CT molecular complexity index is 584. The summed E-state index contributed by atoms with van der Waals surface area (Å²) in [5.41, 5.74) is 0. The van der Waals surface area contributed by atoms with Crippen molar-refractivity contribution < 1.29 is 12.8 Å². The number of unbranched alkanes of at least 4 members (excludes halogenated alkanes) is 1. The molecule has 1 N–H and O–H groups in total. The molecule has 0 heterocycles. The van der Waals surface area contributed by atoms with E-state index in [9.17, 15) is 12.8 Å². The smallest absolute Gasteiger partial charge is 0.211 e. The van der Waals surface area contributed by atoms with E-state index in [1.54, 1.807) is 0 Å². The zero-order valence-corrected chi connectivity index (χ0v) is 11.4. The van der Waals surface area contributed by atoms with E-state index < -0.39 is 20.9 Å².